The molecular weight excluding hydrogens is 418 g/mol. The molecule has 0 aliphatic carbocycles. The maximum absolute atomic E-state index is 13.8. The van der Waals surface area contributed by atoms with Gasteiger partial charge in [-0.1, -0.05) is 19.1 Å². The molecule has 0 saturated carbocycles. The van der Waals surface area contributed by atoms with Crippen LogP contribution in [0.25, 0.3) is 38.9 Å². The first-order valence-corrected chi connectivity index (χ1v) is 10.9. The topological polar surface area (TPSA) is 84.1 Å². The standard InChI is InChI=1S/C25H25N5O3/c1-6-14(2)29-15(3)26-23-21(25(29)31)22-24(28-18-10-8-7-9-17(18)27-22)30(23)16-11-12-19(32-4)20(13-16)33-5/h7-14H,6H2,1-5H3/t14-/m1/s1. The van der Waals surface area contributed by atoms with Crippen LogP contribution in [0.5, 0.6) is 11.5 Å². The first-order valence-electron chi connectivity index (χ1n) is 10.9. The molecule has 0 amide bonds. The van der Waals surface area contributed by atoms with Crippen molar-refractivity contribution in [2.45, 2.75) is 33.2 Å². The van der Waals surface area contributed by atoms with Crippen LogP contribution in [0, 0.1) is 6.92 Å². The Morgan fingerprint density at radius 2 is 1.64 bits per heavy atom. The molecule has 0 spiro atoms. The van der Waals surface area contributed by atoms with Gasteiger partial charge in [0, 0.05) is 12.1 Å². The third-order valence-electron chi connectivity index (χ3n) is 6.14. The fourth-order valence-corrected chi connectivity index (χ4v) is 4.32. The van der Waals surface area contributed by atoms with Crippen LogP contribution in [0.15, 0.2) is 47.3 Å². The molecule has 33 heavy (non-hydrogen) atoms. The number of nitrogens with zero attached hydrogens (tertiary/aromatic N) is 5. The van der Waals surface area contributed by atoms with Gasteiger partial charge in [0.2, 0.25) is 0 Å². The van der Waals surface area contributed by atoms with Crippen molar-refractivity contribution in [2.75, 3.05) is 14.2 Å². The predicted octanol–water partition coefficient (Wildman–Crippen LogP) is 4.58. The number of methoxy groups -OCH3 is 2. The van der Waals surface area contributed by atoms with Crippen LogP contribution >= 0.6 is 0 Å². The summed E-state index contributed by atoms with van der Waals surface area (Å²) in [5.74, 6) is 1.83. The van der Waals surface area contributed by atoms with E-state index in [-0.39, 0.29) is 11.6 Å². The fourth-order valence-electron chi connectivity index (χ4n) is 4.32. The van der Waals surface area contributed by atoms with E-state index in [2.05, 4.69) is 6.92 Å². The minimum Gasteiger partial charge on any atom is -0.493 e. The summed E-state index contributed by atoms with van der Waals surface area (Å²) in [6.07, 6.45) is 0.816. The first-order chi connectivity index (χ1) is 16.0. The normalized spacial score (nSPS) is 12.5. The molecule has 5 aromatic rings. The van der Waals surface area contributed by atoms with E-state index in [1.807, 2.05) is 60.9 Å². The number of fused-ring (bicyclic) bond motifs is 4. The lowest BCUT2D eigenvalue weighted by Gasteiger charge is -2.16. The Morgan fingerprint density at radius 3 is 2.30 bits per heavy atom. The quantitative estimate of drug-likeness (QED) is 0.395. The summed E-state index contributed by atoms with van der Waals surface area (Å²) >= 11 is 0. The molecule has 168 valence electrons. The summed E-state index contributed by atoms with van der Waals surface area (Å²) in [5, 5.41) is 0.462. The molecule has 0 fully saturated rings. The molecule has 5 rings (SSSR count). The van der Waals surface area contributed by atoms with E-state index in [1.54, 1.807) is 18.8 Å². The van der Waals surface area contributed by atoms with Gasteiger partial charge in [-0.25, -0.2) is 15.0 Å². The smallest absolute Gasteiger partial charge is 0.265 e. The van der Waals surface area contributed by atoms with E-state index in [4.69, 9.17) is 24.4 Å². The summed E-state index contributed by atoms with van der Waals surface area (Å²) in [7, 11) is 3.19. The number of hydrogen-bond acceptors (Lipinski definition) is 6. The van der Waals surface area contributed by atoms with Crippen molar-refractivity contribution in [2.24, 2.45) is 0 Å². The largest absolute Gasteiger partial charge is 0.493 e. The summed E-state index contributed by atoms with van der Waals surface area (Å²) in [6, 6.07) is 13.2. The van der Waals surface area contributed by atoms with Crippen LogP contribution in [0.3, 0.4) is 0 Å². The van der Waals surface area contributed by atoms with Gasteiger partial charge >= 0.3 is 0 Å². The zero-order valence-electron chi connectivity index (χ0n) is 19.3. The number of para-hydroxylation sites is 2. The molecule has 3 aromatic heterocycles. The Hall–Kier alpha value is -3.94. The Bertz CT molecular complexity index is 1580. The second kappa shape index (κ2) is 7.88. The van der Waals surface area contributed by atoms with Crippen LogP contribution in [0.4, 0.5) is 0 Å². The van der Waals surface area contributed by atoms with Crippen molar-refractivity contribution in [3.05, 3.63) is 58.6 Å². The van der Waals surface area contributed by atoms with Crippen molar-refractivity contribution in [3.63, 3.8) is 0 Å². The maximum atomic E-state index is 13.8. The van der Waals surface area contributed by atoms with Crippen LogP contribution in [0.2, 0.25) is 0 Å². The van der Waals surface area contributed by atoms with E-state index >= 15 is 0 Å². The van der Waals surface area contributed by atoms with Gasteiger partial charge in [-0.05, 0) is 44.5 Å². The van der Waals surface area contributed by atoms with Crippen LogP contribution < -0.4 is 15.0 Å². The molecule has 0 unspecified atom stereocenters. The molecule has 0 aliphatic rings. The monoisotopic (exact) mass is 443 g/mol. The lowest BCUT2D eigenvalue weighted by Crippen LogP contribution is -2.26. The number of aromatic nitrogens is 5. The average Bonchev–Trinajstić information content (AvgIpc) is 3.14. The van der Waals surface area contributed by atoms with Crippen molar-refractivity contribution in [1.82, 2.24) is 24.1 Å². The average molecular weight is 444 g/mol. The zero-order chi connectivity index (χ0) is 23.3. The third kappa shape index (κ3) is 3.13. The lowest BCUT2D eigenvalue weighted by atomic mass is 10.2. The predicted molar refractivity (Wildman–Crippen MR) is 129 cm³/mol. The number of hydrogen-bond donors (Lipinski definition) is 0. The van der Waals surface area contributed by atoms with Gasteiger partial charge in [0.15, 0.2) is 22.8 Å². The second-order valence-electron chi connectivity index (χ2n) is 8.05. The van der Waals surface area contributed by atoms with E-state index in [0.717, 1.165) is 23.1 Å². The minimum atomic E-state index is -0.111. The summed E-state index contributed by atoms with van der Waals surface area (Å²) in [5.41, 5.74) is 3.75. The highest BCUT2D eigenvalue weighted by Gasteiger charge is 2.24. The van der Waals surface area contributed by atoms with Crippen LogP contribution in [-0.4, -0.2) is 38.3 Å². The lowest BCUT2D eigenvalue weighted by molar-refractivity contribution is 0.355. The van der Waals surface area contributed by atoms with Crippen molar-refractivity contribution >= 4 is 33.2 Å². The van der Waals surface area contributed by atoms with Gasteiger partial charge in [0.05, 0.1) is 30.9 Å². The third-order valence-corrected chi connectivity index (χ3v) is 6.14. The highest BCUT2D eigenvalue weighted by Crippen LogP contribution is 2.34. The van der Waals surface area contributed by atoms with Gasteiger partial charge < -0.3 is 9.47 Å². The molecule has 0 saturated heterocycles. The van der Waals surface area contributed by atoms with Gasteiger partial charge in [0.25, 0.3) is 5.56 Å². The Kier molecular flexibility index (Phi) is 5.00. The van der Waals surface area contributed by atoms with E-state index in [0.29, 0.717) is 39.5 Å². The van der Waals surface area contributed by atoms with E-state index < -0.39 is 0 Å². The maximum Gasteiger partial charge on any atom is 0.265 e. The number of benzene rings is 2. The molecule has 8 heteroatoms. The molecule has 2 aromatic carbocycles. The molecule has 0 aliphatic heterocycles. The van der Waals surface area contributed by atoms with E-state index in [9.17, 15) is 4.79 Å². The van der Waals surface area contributed by atoms with Gasteiger partial charge in [-0.3, -0.25) is 13.9 Å². The van der Waals surface area contributed by atoms with Gasteiger partial charge in [-0.15, -0.1) is 0 Å². The number of rotatable bonds is 5. The Balaban J connectivity index is 1.98. The van der Waals surface area contributed by atoms with Crippen molar-refractivity contribution < 1.29 is 9.47 Å². The first kappa shape index (κ1) is 20.9. The highest BCUT2D eigenvalue weighted by molar-refractivity contribution is 6.05. The molecule has 0 N–H and O–H groups in total. The second-order valence-corrected chi connectivity index (χ2v) is 8.05. The summed E-state index contributed by atoms with van der Waals surface area (Å²) < 4.78 is 14.5. The minimum absolute atomic E-state index is 0.0160. The van der Waals surface area contributed by atoms with Crippen molar-refractivity contribution in [3.8, 4) is 17.2 Å². The summed E-state index contributed by atoms with van der Waals surface area (Å²) in [4.78, 5) is 28.4. The highest BCUT2D eigenvalue weighted by atomic mass is 16.5. The number of ether oxygens (including phenoxy) is 2. The summed E-state index contributed by atoms with van der Waals surface area (Å²) in [6.45, 7) is 5.94. The molecule has 1 atom stereocenters. The molecule has 3 heterocycles. The molecular formula is C25H25N5O3. The van der Waals surface area contributed by atoms with Gasteiger partial charge in [-0.2, -0.15) is 0 Å². The van der Waals surface area contributed by atoms with E-state index in [1.165, 1.54) is 0 Å². The van der Waals surface area contributed by atoms with Crippen LogP contribution in [-0.2, 0) is 0 Å². The van der Waals surface area contributed by atoms with Crippen molar-refractivity contribution in [1.29, 1.82) is 0 Å². The zero-order valence-corrected chi connectivity index (χ0v) is 19.3. The fraction of sp³-hybridized carbons (Fsp3) is 0.280. The SMILES string of the molecule is CC[C@@H](C)n1c(C)nc2c(c1=O)c1nc3ccccc3nc1n2-c1ccc(OC)c(OC)c1. The number of aryl methyl sites for hydroxylation is 1. The Labute approximate surface area is 190 Å². The Morgan fingerprint density at radius 1 is 0.939 bits per heavy atom. The molecule has 0 bridgehead atoms. The molecule has 0 radical (unpaired) electrons. The van der Waals surface area contributed by atoms with Gasteiger partial charge in [0.1, 0.15) is 16.7 Å². The molecule has 8 nitrogen and oxygen atoms in total. The van der Waals surface area contributed by atoms with Crippen LogP contribution in [0.1, 0.15) is 32.1 Å².